The van der Waals surface area contributed by atoms with Crippen molar-refractivity contribution in [3.8, 4) is 0 Å². The number of esters is 1. The van der Waals surface area contributed by atoms with Crippen molar-refractivity contribution in [1.29, 1.82) is 0 Å². The maximum Gasteiger partial charge on any atom is 0.356 e. The van der Waals surface area contributed by atoms with Crippen molar-refractivity contribution in [1.82, 2.24) is 20.0 Å². The average molecular weight is 308 g/mol. The normalized spacial score (nSPS) is 13.5. The van der Waals surface area contributed by atoms with Crippen molar-refractivity contribution in [2.45, 2.75) is 19.9 Å². The summed E-state index contributed by atoms with van der Waals surface area (Å²) in [5.41, 5.74) is 2.37. The van der Waals surface area contributed by atoms with Crippen LogP contribution in [0, 0.1) is 0 Å². The van der Waals surface area contributed by atoms with Crippen molar-refractivity contribution in [2.24, 2.45) is 7.05 Å². The van der Waals surface area contributed by atoms with Crippen molar-refractivity contribution in [3.63, 3.8) is 0 Å². The number of aromatic nitrogens is 2. The summed E-state index contributed by atoms with van der Waals surface area (Å²) in [6.07, 6.45) is 2.52. The van der Waals surface area contributed by atoms with E-state index in [0.29, 0.717) is 30.5 Å². The van der Waals surface area contributed by atoms with E-state index in [1.54, 1.807) is 24.7 Å². The number of nitrogens with zero attached hydrogens (tertiary/aromatic N) is 3. The second-order valence-electron chi connectivity index (χ2n) is 4.76. The summed E-state index contributed by atoms with van der Waals surface area (Å²) in [5.74, 6) is -0.333. The molecule has 0 spiro atoms. The summed E-state index contributed by atoms with van der Waals surface area (Å²) in [5, 5.41) is 8.20. The molecule has 1 aliphatic heterocycles. The minimum atomic E-state index is -0.333. The first kappa shape index (κ1) is 15.5. The number of carbonyl (C=O) groups excluding carboxylic acids is 1. The predicted octanol–water partition coefficient (Wildman–Crippen LogP) is 1.02. The number of carbonyl (C=O) groups is 1. The Hall–Kier alpha value is -1.89. The zero-order valence-corrected chi connectivity index (χ0v) is 13.2. The fourth-order valence-electron chi connectivity index (χ4n) is 2.40. The number of rotatable bonds is 4. The topological polar surface area (TPSA) is 59.4 Å². The number of aryl methyl sites for hydroxylation is 1. The van der Waals surface area contributed by atoms with Crippen LogP contribution in [-0.4, -0.2) is 45.5 Å². The van der Waals surface area contributed by atoms with Gasteiger partial charge in [-0.2, -0.15) is 5.10 Å². The van der Waals surface area contributed by atoms with E-state index in [1.165, 1.54) is 0 Å². The molecule has 2 rings (SSSR count). The highest BCUT2D eigenvalue weighted by Crippen LogP contribution is 2.22. The zero-order chi connectivity index (χ0) is 15.4. The quantitative estimate of drug-likeness (QED) is 0.509. The highest BCUT2D eigenvalue weighted by atomic mass is 32.1. The van der Waals surface area contributed by atoms with Gasteiger partial charge in [0, 0.05) is 38.7 Å². The smallest absolute Gasteiger partial charge is 0.356 e. The highest BCUT2D eigenvalue weighted by molar-refractivity contribution is 7.80. The Kier molecular flexibility index (Phi) is 4.95. The SMILES string of the molecule is C=CCNC(=S)N1CCc2nn(C)c(C(=O)OCC)c2C1. The molecule has 0 unspecified atom stereocenters. The van der Waals surface area contributed by atoms with Gasteiger partial charge in [0.05, 0.1) is 12.3 Å². The molecule has 0 aliphatic carbocycles. The van der Waals surface area contributed by atoms with Crippen LogP contribution < -0.4 is 5.32 Å². The Morgan fingerprint density at radius 2 is 2.38 bits per heavy atom. The van der Waals surface area contributed by atoms with E-state index in [1.807, 2.05) is 4.90 Å². The number of nitrogens with one attached hydrogen (secondary N) is 1. The summed E-state index contributed by atoms with van der Waals surface area (Å²) in [4.78, 5) is 14.1. The van der Waals surface area contributed by atoms with Gasteiger partial charge in [-0.1, -0.05) is 6.08 Å². The van der Waals surface area contributed by atoms with Crippen LogP contribution in [0.1, 0.15) is 28.7 Å². The van der Waals surface area contributed by atoms with Crippen LogP contribution >= 0.6 is 12.2 Å². The summed E-state index contributed by atoms with van der Waals surface area (Å²) in [7, 11) is 1.77. The Balaban J connectivity index is 2.20. The molecular weight excluding hydrogens is 288 g/mol. The molecule has 0 bridgehead atoms. The Labute approximate surface area is 129 Å². The number of thiocarbonyl (C=S) groups is 1. The van der Waals surface area contributed by atoms with E-state index >= 15 is 0 Å². The van der Waals surface area contributed by atoms with Crippen LogP contribution in [0.2, 0.25) is 0 Å². The largest absolute Gasteiger partial charge is 0.461 e. The molecule has 1 aromatic rings. The van der Waals surface area contributed by atoms with Gasteiger partial charge in [-0.05, 0) is 19.1 Å². The maximum atomic E-state index is 12.1. The van der Waals surface area contributed by atoms with Gasteiger partial charge in [-0.25, -0.2) is 4.79 Å². The molecule has 0 amide bonds. The summed E-state index contributed by atoms with van der Waals surface area (Å²) in [6, 6.07) is 0. The standard InChI is InChI=1S/C14H20N4O2S/c1-4-7-15-14(21)18-8-6-11-10(9-18)12(17(3)16-11)13(19)20-5-2/h4H,1,5-9H2,2-3H3,(H,15,21). The second kappa shape index (κ2) is 6.71. The van der Waals surface area contributed by atoms with Gasteiger partial charge in [0.2, 0.25) is 0 Å². The Morgan fingerprint density at radius 3 is 3.05 bits per heavy atom. The lowest BCUT2D eigenvalue weighted by Gasteiger charge is -2.29. The van der Waals surface area contributed by atoms with Gasteiger partial charge >= 0.3 is 5.97 Å². The van der Waals surface area contributed by atoms with Gasteiger partial charge in [0.15, 0.2) is 10.8 Å². The van der Waals surface area contributed by atoms with Crippen molar-refractivity contribution in [3.05, 3.63) is 29.6 Å². The molecule has 21 heavy (non-hydrogen) atoms. The predicted molar refractivity (Wildman–Crippen MR) is 84.1 cm³/mol. The number of hydrogen-bond acceptors (Lipinski definition) is 4. The summed E-state index contributed by atoms with van der Waals surface area (Å²) in [6.45, 7) is 7.78. The van der Waals surface area contributed by atoms with Crippen LogP contribution in [0.25, 0.3) is 0 Å². The molecule has 0 saturated carbocycles. The average Bonchev–Trinajstić information content (AvgIpc) is 2.79. The fraction of sp³-hybridized carbons (Fsp3) is 0.500. The second-order valence-corrected chi connectivity index (χ2v) is 5.15. The molecule has 114 valence electrons. The van der Waals surface area contributed by atoms with Crippen LogP contribution in [0.5, 0.6) is 0 Å². The van der Waals surface area contributed by atoms with Crippen molar-refractivity contribution < 1.29 is 9.53 Å². The lowest BCUT2D eigenvalue weighted by molar-refractivity contribution is 0.0511. The van der Waals surface area contributed by atoms with Crippen LogP contribution in [-0.2, 0) is 24.8 Å². The van der Waals surface area contributed by atoms with Crippen molar-refractivity contribution >= 4 is 23.3 Å². The Bertz CT molecular complexity index is 568. The lowest BCUT2D eigenvalue weighted by atomic mass is 10.1. The third-order valence-electron chi connectivity index (χ3n) is 3.35. The van der Waals surface area contributed by atoms with Crippen molar-refractivity contribution in [2.75, 3.05) is 19.7 Å². The summed E-state index contributed by atoms with van der Waals surface area (Å²) >= 11 is 5.36. The van der Waals surface area contributed by atoms with Crippen LogP contribution in [0.3, 0.4) is 0 Å². The van der Waals surface area contributed by atoms with E-state index in [2.05, 4.69) is 17.0 Å². The molecule has 0 aromatic carbocycles. The minimum Gasteiger partial charge on any atom is -0.461 e. The molecule has 6 nitrogen and oxygen atoms in total. The number of hydrogen-bond donors (Lipinski definition) is 1. The molecule has 1 N–H and O–H groups in total. The van der Waals surface area contributed by atoms with Crippen LogP contribution in [0.4, 0.5) is 0 Å². The third-order valence-corrected chi connectivity index (χ3v) is 3.75. The molecule has 1 aliphatic rings. The molecule has 0 saturated heterocycles. The van der Waals surface area contributed by atoms with Gasteiger partial charge in [0.25, 0.3) is 0 Å². The minimum absolute atomic E-state index is 0.333. The molecule has 0 fully saturated rings. The molecule has 0 radical (unpaired) electrons. The van der Waals surface area contributed by atoms with Gasteiger partial charge in [0.1, 0.15) is 0 Å². The molecule has 0 atom stereocenters. The van der Waals surface area contributed by atoms with Gasteiger partial charge in [-0.3, -0.25) is 4.68 Å². The maximum absolute atomic E-state index is 12.1. The van der Waals surface area contributed by atoms with E-state index in [9.17, 15) is 4.79 Å². The monoisotopic (exact) mass is 308 g/mol. The number of ether oxygens (including phenoxy) is 1. The molecule has 7 heteroatoms. The highest BCUT2D eigenvalue weighted by Gasteiger charge is 2.28. The van der Waals surface area contributed by atoms with Crippen LogP contribution in [0.15, 0.2) is 12.7 Å². The van der Waals surface area contributed by atoms with Gasteiger partial charge in [-0.15, -0.1) is 6.58 Å². The lowest BCUT2D eigenvalue weighted by Crippen LogP contribution is -2.42. The van der Waals surface area contributed by atoms with E-state index < -0.39 is 0 Å². The van der Waals surface area contributed by atoms with Gasteiger partial charge < -0.3 is 15.0 Å². The first-order chi connectivity index (χ1) is 10.1. The first-order valence-electron chi connectivity index (χ1n) is 6.94. The third kappa shape index (κ3) is 3.24. The Morgan fingerprint density at radius 1 is 1.62 bits per heavy atom. The molecule has 2 heterocycles. The molecule has 1 aromatic heterocycles. The zero-order valence-electron chi connectivity index (χ0n) is 12.4. The van der Waals surface area contributed by atoms with E-state index in [-0.39, 0.29) is 5.97 Å². The summed E-state index contributed by atoms with van der Waals surface area (Å²) < 4.78 is 6.72. The van der Waals surface area contributed by atoms with E-state index in [4.69, 9.17) is 17.0 Å². The number of fused-ring (bicyclic) bond motifs is 1. The molecular formula is C14H20N4O2S. The van der Waals surface area contributed by atoms with E-state index in [0.717, 1.165) is 24.2 Å². The first-order valence-corrected chi connectivity index (χ1v) is 7.34. The fourth-order valence-corrected chi connectivity index (χ4v) is 2.64.